The minimum absolute atomic E-state index is 0.00744. The molecule has 0 saturated carbocycles. The Bertz CT molecular complexity index is 562. The fourth-order valence-corrected chi connectivity index (χ4v) is 2.97. The summed E-state index contributed by atoms with van der Waals surface area (Å²) in [5.74, 6) is 0.365. The van der Waals surface area contributed by atoms with Crippen molar-refractivity contribution < 1.29 is 14.3 Å². The number of benzene rings is 1. The predicted octanol–water partition coefficient (Wildman–Crippen LogP) is 2.22. The summed E-state index contributed by atoms with van der Waals surface area (Å²) in [6.07, 6.45) is -0.164. The summed E-state index contributed by atoms with van der Waals surface area (Å²) in [5, 5.41) is 2.82. The van der Waals surface area contributed by atoms with Gasteiger partial charge in [-0.15, -0.1) is 0 Å². The largest absolute Gasteiger partial charge is 0.373 e. The Kier molecular flexibility index (Phi) is 7.25. The van der Waals surface area contributed by atoms with Gasteiger partial charge in [0.2, 0.25) is 0 Å². The zero-order valence-electron chi connectivity index (χ0n) is 15.4. The van der Waals surface area contributed by atoms with Gasteiger partial charge in [0.25, 0.3) is 5.91 Å². The Morgan fingerprint density at radius 3 is 2.68 bits per heavy atom. The van der Waals surface area contributed by atoms with Gasteiger partial charge in [-0.3, -0.25) is 4.79 Å². The van der Waals surface area contributed by atoms with E-state index in [1.807, 2.05) is 42.2 Å². The van der Waals surface area contributed by atoms with Crippen LogP contribution < -0.4 is 5.32 Å². The smallest absolute Gasteiger partial charge is 0.317 e. The van der Waals surface area contributed by atoms with E-state index in [1.54, 1.807) is 4.90 Å². The average Bonchev–Trinajstić information content (AvgIpc) is 2.61. The number of carbonyl (C=O) groups excluding carboxylic acids is 2. The van der Waals surface area contributed by atoms with Crippen molar-refractivity contribution in [1.29, 1.82) is 0 Å². The molecule has 1 heterocycles. The molecule has 1 aromatic rings. The normalized spacial score (nSPS) is 17.4. The van der Waals surface area contributed by atoms with E-state index in [9.17, 15) is 9.59 Å². The molecule has 1 fully saturated rings. The number of hydrogen-bond donors (Lipinski definition) is 1. The molecule has 25 heavy (non-hydrogen) atoms. The molecule has 1 atom stereocenters. The molecule has 0 aliphatic carbocycles. The van der Waals surface area contributed by atoms with Gasteiger partial charge < -0.3 is 19.9 Å². The van der Waals surface area contributed by atoms with Crippen LogP contribution in [0.5, 0.6) is 0 Å². The van der Waals surface area contributed by atoms with Crippen molar-refractivity contribution >= 4 is 11.9 Å². The fourth-order valence-electron chi connectivity index (χ4n) is 2.97. The van der Waals surface area contributed by atoms with Crippen LogP contribution in [0.3, 0.4) is 0 Å². The first-order valence-corrected chi connectivity index (χ1v) is 9.00. The van der Waals surface area contributed by atoms with Gasteiger partial charge in [-0.1, -0.05) is 32.0 Å². The van der Waals surface area contributed by atoms with Crippen molar-refractivity contribution in [3.05, 3.63) is 35.9 Å². The molecular formula is C19H29N3O3. The van der Waals surface area contributed by atoms with E-state index in [-0.39, 0.29) is 18.0 Å². The summed E-state index contributed by atoms with van der Waals surface area (Å²) >= 11 is 0. The van der Waals surface area contributed by atoms with E-state index >= 15 is 0 Å². The van der Waals surface area contributed by atoms with Gasteiger partial charge in [0.05, 0.1) is 19.3 Å². The second-order valence-electron chi connectivity index (χ2n) is 6.74. The number of carbonyl (C=O) groups is 2. The molecule has 1 aromatic carbocycles. The molecule has 0 aromatic heterocycles. The van der Waals surface area contributed by atoms with E-state index in [2.05, 4.69) is 19.2 Å². The van der Waals surface area contributed by atoms with Crippen molar-refractivity contribution in [3.8, 4) is 0 Å². The van der Waals surface area contributed by atoms with Crippen LogP contribution in [0.1, 0.15) is 31.1 Å². The molecule has 1 saturated heterocycles. The highest BCUT2D eigenvalue weighted by molar-refractivity contribution is 5.94. The zero-order valence-corrected chi connectivity index (χ0v) is 15.4. The summed E-state index contributed by atoms with van der Waals surface area (Å²) in [5.41, 5.74) is 0.680. The van der Waals surface area contributed by atoms with E-state index in [4.69, 9.17) is 4.74 Å². The maximum Gasteiger partial charge on any atom is 0.317 e. The first-order chi connectivity index (χ1) is 12.0. The lowest BCUT2D eigenvalue weighted by Crippen LogP contribution is -2.53. The molecule has 1 aliphatic heterocycles. The predicted molar refractivity (Wildman–Crippen MR) is 97.6 cm³/mol. The maximum atomic E-state index is 12.8. The molecule has 3 amide bonds. The Hall–Kier alpha value is -2.08. The van der Waals surface area contributed by atoms with Gasteiger partial charge in [0.15, 0.2) is 0 Å². The summed E-state index contributed by atoms with van der Waals surface area (Å²) in [7, 11) is 0. The standard InChI is InChI=1S/C19H29N3O3/c1-4-20-19(24)21-10-11-25-17(13-21)14-22(12-15(2)3)18(23)16-8-6-5-7-9-16/h5-9,15,17H,4,10-14H2,1-3H3,(H,20,24). The van der Waals surface area contributed by atoms with Crippen LogP contribution in [0.15, 0.2) is 30.3 Å². The summed E-state index contributed by atoms with van der Waals surface area (Å²) in [6, 6.07) is 9.23. The van der Waals surface area contributed by atoms with Gasteiger partial charge in [-0.05, 0) is 25.0 Å². The number of morpholine rings is 1. The number of amides is 3. The molecule has 1 unspecified atom stereocenters. The third kappa shape index (κ3) is 5.74. The topological polar surface area (TPSA) is 61.9 Å². The molecule has 0 bridgehead atoms. The zero-order chi connectivity index (χ0) is 18.2. The van der Waals surface area contributed by atoms with E-state index < -0.39 is 0 Å². The Morgan fingerprint density at radius 2 is 2.04 bits per heavy atom. The van der Waals surface area contributed by atoms with Crippen molar-refractivity contribution in [1.82, 2.24) is 15.1 Å². The highest BCUT2D eigenvalue weighted by atomic mass is 16.5. The molecule has 6 heteroatoms. The van der Waals surface area contributed by atoms with Crippen LogP contribution in [0.2, 0.25) is 0 Å². The number of hydrogen-bond acceptors (Lipinski definition) is 3. The first kappa shape index (κ1) is 19.2. The summed E-state index contributed by atoms with van der Waals surface area (Å²) < 4.78 is 5.82. The van der Waals surface area contributed by atoms with Gasteiger partial charge in [-0.2, -0.15) is 0 Å². The molecule has 1 aliphatic rings. The molecule has 2 rings (SSSR count). The lowest BCUT2D eigenvalue weighted by atomic mass is 10.1. The van der Waals surface area contributed by atoms with Gasteiger partial charge >= 0.3 is 6.03 Å². The summed E-state index contributed by atoms with van der Waals surface area (Å²) in [4.78, 5) is 28.5. The van der Waals surface area contributed by atoms with E-state index in [0.717, 1.165) is 0 Å². The second kappa shape index (κ2) is 9.42. The maximum absolute atomic E-state index is 12.8. The Labute approximate surface area is 150 Å². The SMILES string of the molecule is CCNC(=O)N1CCOC(CN(CC(C)C)C(=O)c2ccccc2)C1. The van der Waals surface area contributed by atoms with Crippen LogP contribution in [-0.4, -0.2) is 67.2 Å². The number of ether oxygens (including phenoxy) is 1. The van der Waals surface area contributed by atoms with Crippen molar-refractivity contribution in [2.75, 3.05) is 39.3 Å². The first-order valence-electron chi connectivity index (χ1n) is 9.00. The lowest BCUT2D eigenvalue weighted by molar-refractivity contribution is -0.0286. The minimum Gasteiger partial charge on any atom is -0.373 e. The average molecular weight is 347 g/mol. The van der Waals surface area contributed by atoms with Crippen LogP contribution in [0.4, 0.5) is 4.79 Å². The molecule has 138 valence electrons. The van der Waals surface area contributed by atoms with Crippen LogP contribution >= 0.6 is 0 Å². The number of rotatable bonds is 6. The van der Waals surface area contributed by atoms with Crippen LogP contribution in [-0.2, 0) is 4.74 Å². The molecule has 6 nitrogen and oxygen atoms in total. The highest BCUT2D eigenvalue weighted by Gasteiger charge is 2.28. The minimum atomic E-state index is -0.164. The number of nitrogens with zero attached hydrogens (tertiary/aromatic N) is 2. The third-order valence-electron chi connectivity index (χ3n) is 4.07. The second-order valence-corrected chi connectivity index (χ2v) is 6.74. The van der Waals surface area contributed by atoms with Gasteiger partial charge in [0, 0.05) is 31.7 Å². The van der Waals surface area contributed by atoms with Gasteiger partial charge in [0.1, 0.15) is 0 Å². The van der Waals surface area contributed by atoms with Crippen molar-refractivity contribution in [2.24, 2.45) is 5.92 Å². The molecule has 0 spiro atoms. The van der Waals surface area contributed by atoms with E-state index in [0.29, 0.717) is 50.8 Å². The Morgan fingerprint density at radius 1 is 1.32 bits per heavy atom. The molecule has 1 N–H and O–H groups in total. The lowest BCUT2D eigenvalue weighted by Gasteiger charge is -2.36. The fraction of sp³-hybridized carbons (Fsp3) is 0.579. The quantitative estimate of drug-likeness (QED) is 0.858. The Balaban J connectivity index is 2.03. The van der Waals surface area contributed by atoms with Crippen molar-refractivity contribution in [2.45, 2.75) is 26.9 Å². The van der Waals surface area contributed by atoms with E-state index in [1.165, 1.54) is 0 Å². The van der Waals surface area contributed by atoms with Crippen molar-refractivity contribution in [3.63, 3.8) is 0 Å². The third-order valence-corrected chi connectivity index (χ3v) is 4.07. The monoisotopic (exact) mass is 347 g/mol. The summed E-state index contributed by atoms with van der Waals surface area (Å²) in [6.45, 7) is 9.42. The number of urea groups is 1. The highest BCUT2D eigenvalue weighted by Crippen LogP contribution is 2.12. The number of nitrogens with one attached hydrogen (secondary N) is 1. The van der Waals surface area contributed by atoms with Crippen LogP contribution in [0.25, 0.3) is 0 Å². The molecule has 0 radical (unpaired) electrons. The molecular weight excluding hydrogens is 318 g/mol. The van der Waals surface area contributed by atoms with Gasteiger partial charge in [-0.25, -0.2) is 4.79 Å². The van der Waals surface area contributed by atoms with Crippen LogP contribution in [0, 0.1) is 5.92 Å².